The van der Waals surface area contributed by atoms with Gasteiger partial charge in [0, 0.05) is 19.1 Å². The van der Waals surface area contributed by atoms with E-state index in [1.165, 1.54) is 7.11 Å². The monoisotopic (exact) mass is 577 g/mol. The lowest BCUT2D eigenvalue weighted by atomic mass is 9.84. The molecule has 0 unspecified atom stereocenters. The van der Waals surface area contributed by atoms with Crippen LogP contribution in [0.25, 0.3) is 0 Å². The molecule has 2 fully saturated rings. The molecule has 3 aromatic rings. The number of ether oxygens (including phenoxy) is 7. The fraction of sp³-hybridized carbons (Fsp3) is 0.375. The lowest BCUT2D eigenvalue weighted by Crippen LogP contribution is -2.70. The van der Waals surface area contributed by atoms with Gasteiger partial charge in [0.15, 0.2) is 6.29 Å². The number of nitrogens with one attached hydrogen (secondary N) is 1. The van der Waals surface area contributed by atoms with Crippen LogP contribution in [0, 0.1) is 0 Å². The van der Waals surface area contributed by atoms with Crippen molar-refractivity contribution in [2.45, 2.75) is 43.2 Å². The summed E-state index contributed by atoms with van der Waals surface area (Å²) < 4.78 is 40.9. The summed E-state index contributed by atoms with van der Waals surface area (Å²) in [5, 5.41) is 3.02. The summed E-state index contributed by atoms with van der Waals surface area (Å²) in [7, 11) is 4.64. The maximum Gasteiger partial charge on any atom is 0.338 e. The van der Waals surface area contributed by atoms with Gasteiger partial charge >= 0.3 is 5.97 Å². The normalized spacial score (nSPS) is 24.8. The second-order valence-corrected chi connectivity index (χ2v) is 10.2. The van der Waals surface area contributed by atoms with Crippen molar-refractivity contribution in [3.63, 3.8) is 0 Å². The van der Waals surface area contributed by atoms with Gasteiger partial charge in [-0.15, -0.1) is 0 Å². The molecule has 2 bridgehead atoms. The Kier molecular flexibility index (Phi) is 9.38. The molecule has 0 aliphatic carbocycles. The van der Waals surface area contributed by atoms with E-state index in [4.69, 9.17) is 33.2 Å². The Hall–Kier alpha value is -3.96. The predicted octanol–water partition coefficient (Wildman–Crippen LogP) is 3.78. The number of esters is 1. The van der Waals surface area contributed by atoms with Gasteiger partial charge < -0.3 is 38.5 Å². The van der Waals surface area contributed by atoms with E-state index in [9.17, 15) is 9.59 Å². The molecule has 5 atom stereocenters. The number of hydrogen-bond acceptors (Lipinski definition) is 9. The van der Waals surface area contributed by atoms with Gasteiger partial charge in [0.25, 0.3) is 5.91 Å². The summed E-state index contributed by atoms with van der Waals surface area (Å²) in [4.78, 5) is 26.7. The van der Waals surface area contributed by atoms with Gasteiger partial charge in [-0.3, -0.25) is 4.79 Å². The zero-order valence-corrected chi connectivity index (χ0v) is 23.8. The van der Waals surface area contributed by atoms with Crippen LogP contribution in [-0.2, 0) is 30.3 Å². The summed E-state index contributed by atoms with van der Waals surface area (Å²) in [6.07, 6.45) is -2.03. The summed E-state index contributed by atoms with van der Waals surface area (Å²) in [5.41, 5.74) is 0.685. The van der Waals surface area contributed by atoms with Crippen molar-refractivity contribution < 1.29 is 42.7 Å². The molecule has 42 heavy (non-hydrogen) atoms. The van der Waals surface area contributed by atoms with Crippen LogP contribution in [0.1, 0.15) is 32.7 Å². The van der Waals surface area contributed by atoms with Crippen LogP contribution in [-0.4, -0.2) is 76.6 Å². The largest absolute Gasteiger partial charge is 0.497 e. The molecular formula is C32H35NO9. The Morgan fingerprint density at radius 2 is 1.52 bits per heavy atom. The zero-order chi connectivity index (χ0) is 29.5. The molecule has 3 aromatic carbocycles. The molecule has 2 aliphatic heterocycles. The van der Waals surface area contributed by atoms with Gasteiger partial charge in [0.1, 0.15) is 29.3 Å². The van der Waals surface area contributed by atoms with Crippen molar-refractivity contribution in [2.24, 2.45) is 0 Å². The third kappa shape index (κ3) is 6.57. The molecule has 10 nitrogen and oxygen atoms in total. The molecule has 1 amide bonds. The number of benzene rings is 3. The van der Waals surface area contributed by atoms with Crippen LogP contribution >= 0.6 is 0 Å². The maximum absolute atomic E-state index is 13.3. The van der Waals surface area contributed by atoms with Crippen molar-refractivity contribution in [2.75, 3.05) is 34.5 Å². The number of carbonyl (C=O) groups excluding carboxylic acids is 2. The van der Waals surface area contributed by atoms with Gasteiger partial charge in [0.2, 0.25) is 0 Å². The van der Waals surface area contributed by atoms with Crippen LogP contribution < -0.4 is 14.8 Å². The van der Waals surface area contributed by atoms with E-state index in [0.29, 0.717) is 29.2 Å². The first-order chi connectivity index (χ1) is 20.4. The molecule has 0 radical (unpaired) electrons. The Bertz CT molecular complexity index is 1330. The first-order valence-electron chi connectivity index (χ1n) is 13.7. The fourth-order valence-corrected chi connectivity index (χ4v) is 5.32. The number of methoxy groups -OCH3 is 3. The summed E-state index contributed by atoms with van der Waals surface area (Å²) in [6, 6.07) is 22.4. The highest BCUT2D eigenvalue weighted by Gasteiger charge is 2.57. The van der Waals surface area contributed by atoms with E-state index in [0.717, 1.165) is 5.56 Å². The molecule has 10 heteroatoms. The van der Waals surface area contributed by atoms with Crippen LogP contribution in [0.2, 0.25) is 0 Å². The van der Waals surface area contributed by atoms with E-state index in [2.05, 4.69) is 5.32 Å². The molecule has 0 saturated carbocycles. The lowest BCUT2D eigenvalue weighted by Gasteiger charge is -2.53. The average Bonchev–Trinajstić information content (AvgIpc) is 3.03. The van der Waals surface area contributed by atoms with Crippen LogP contribution in [0.3, 0.4) is 0 Å². The number of rotatable bonds is 11. The lowest BCUT2D eigenvalue weighted by molar-refractivity contribution is -0.350. The summed E-state index contributed by atoms with van der Waals surface area (Å²) in [5.74, 6) is 0.358. The third-order valence-corrected chi connectivity index (χ3v) is 7.48. The SMILES string of the molecule is COc1ccc(C(=O)N[C@H]2[C@@H]3CO[C@@H](OC)[C@](COCc4ccccc4)(C[C@H]2OC(=O)c2ccc(OC)cc2)O3)cc1. The number of hydrogen-bond donors (Lipinski definition) is 1. The van der Waals surface area contributed by atoms with Gasteiger partial charge in [-0.25, -0.2) is 4.79 Å². The van der Waals surface area contributed by atoms with Crippen molar-refractivity contribution in [3.05, 3.63) is 95.6 Å². The van der Waals surface area contributed by atoms with E-state index in [-0.39, 0.29) is 25.5 Å². The first kappa shape index (κ1) is 29.5. The second kappa shape index (κ2) is 13.3. The average molecular weight is 578 g/mol. The Morgan fingerprint density at radius 3 is 2.14 bits per heavy atom. The van der Waals surface area contributed by atoms with Crippen molar-refractivity contribution in [1.82, 2.24) is 5.32 Å². The minimum absolute atomic E-state index is 0.114. The van der Waals surface area contributed by atoms with Crippen molar-refractivity contribution in [3.8, 4) is 11.5 Å². The number of amides is 1. The fourth-order valence-electron chi connectivity index (χ4n) is 5.32. The standard InChI is InChI=1S/C32H35NO9/c1-36-24-13-9-22(10-14-24)29(34)33-28-26(41-30(35)23-11-15-25(37-2)16-12-23)17-32(31(38-3)40-19-27(28)42-32)20-39-18-21-7-5-4-6-8-21/h4-16,26-28,31H,17-20H2,1-3H3,(H,33,34)/t26-,27+,28-,31-,32-/m1/s1. The summed E-state index contributed by atoms with van der Waals surface area (Å²) >= 11 is 0. The van der Waals surface area contributed by atoms with Crippen LogP contribution in [0.15, 0.2) is 78.9 Å². The van der Waals surface area contributed by atoms with Crippen LogP contribution in [0.4, 0.5) is 0 Å². The minimum Gasteiger partial charge on any atom is -0.497 e. The van der Waals surface area contributed by atoms with E-state index in [1.807, 2.05) is 30.3 Å². The molecule has 5 rings (SSSR count). The van der Waals surface area contributed by atoms with Crippen molar-refractivity contribution in [1.29, 1.82) is 0 Å². The highest BCUT2D eigenvalue weighted by Crippen LogP contribution is 2.40. The maximum atomic E-state index is 13.3. The molecule has 2 aliphatic rings. The molecule has 0 spiro atoms. The second-order valence-electron chi connectivity index (χ2n) is 10.2. The van der Waals surface area contributed by atoms with Gasteiger partial charge in [0.05, 0.1) is 45.6 Å². The third-order valence-electron chi connectivity index (χ3n) is 7.48. The van der Waals surface area contributed by atoms with E-state index >= 15 is 0 Å². The smallest absolute Gasteiger partial charge is 0.338 e. The molecular weight excluding hydrogens is 542 g/mol. The van der Waals surface area contributed by atoms with Crippen molar-refractivity contribution >= 4 is 11.9 Å². The molecule has 222 valence electrons. The minimum atomic E-state index is -1.08. The van der Waals surface area contributed by atoms with E-state index < -0.39 is 36.1 Å². The molecule has 1 N–H and O–H groups in total. The highest BCUT2D eigenvalue weighted by atomic mass is 16.7. The van der Waals surface area contributed by atoms with Gasteiger partial charge in [-0.1, -0.05) is 30.3 Å². The van der Waals surface area contributed by atoms with E-state index in [1.54, 1.807) is 62.8 Å². The van der Waals surface area contributed by atoms with Crippen LogP contribution in [0.5, 0.6) is 11.5 Å². The first-order valence-corrected chi connectivity index (χ1v) is 13.7. The Labute approximate surface area is 244 Å². The quantitative estimate of drug-likeness (QED) is 0.341. The Balaban J connectivity index is 1.39. The zero-order valence-electron chi connectivity index (χ0n) is 23.8. The van der Waals surface area contributed by atoms with Gasteiger partial charge in [-0.2, -0.15) is 0 Å². The summed E-state index contributed by atoms with van der Waals surface area (Å²) in [6.45, 7) is 0.580. The van der Waals surface area contributed by atoms with Gasteiger partial charge in [-0.05, 0) is 54.1 Å². The number of fused-ring (bicyclic) bond motifs is 2. The number of carbonyl (C=O) groups is 2. The predicted molar refractivity (Wildman–Crippen MR) is 152 cm³/mol. The molecule has 2 heterocycles. The highest BCUT2D eigenvalue weighted by molar-refractivity contribution is 5.94. The molecule has 2 saturated heterocycles. The topological polar surface area (TPSA) is 111 Å². The molecule has 0 aromatic heterocycles. The Morgan fingerprint density at radius 1 is 0.881 bits per heavy atom.